The van der Waals surface area contributed by atoms with Crippen LogP contribution in [0.15, 0.2) is 24.3 Å². The summed E-state index contributed by atoms with van der Waals surface area (Å²) >= 11 is 0. The second-order valence-electron chi connectivity index (χ2n) is 3.08. The fraction of sp³-hybridized carbons (Fsp3) is 0.200. The van der Waals surface area contributed by atoms with Gasteiger partial charge in [0.1, 0.15) is 12.4 Å². The number of primary amides is 1. The van der Waals surface area contributed by atoms with Crippen LogP contribution >= 0.6 is 0 Å². The van der Waals surface area contributed by atoms with Gasteiger partial charge in [-0.2, -0.15) is 0 Å². The van der Waals surface area contributed by atoms with Crippen LogP contribution in [0.3, 0.4) is 0 Å². The van der Waals surface area contributed by atoms with E-state index in [1.165, 1.54) is 18.2 Å². The van der Waals surface area contributed by atoms with E-state index in [2.05, 4.69) is 0 Å². The molecule has 1 aromatic rings. The lowest BCUT2D eigenvalue weighted by molar-refractivity contribution is -0.131. The highest BCUT2D eigenvalue weighted by atomic mass is 16.3. The molecule has 0 heterocycles. The molecule has 0 spiro atoms. The fourth-order valence-electron chi connectivity index (χ4n) is 1.15. The number of hydrogen-bond donors (Lipinski definition) is 3. The van der Waals surface area contributed by atoms with Crippen LogP contribution < -0.4 is 5.73 Å². The van der Waals surface area contributed by atoms with Gasteiger partial charge in [-0.3, -0.25) is 9.59 Å². The fourth-order valence-corrected chi connectivity index (χ4v) is 1.15. The summed E-state index contributed by atoms with van der Waals surface area (Å²) < 4.78 is 0. The van der Waals surface area contributed by atoms with Gasteiger partial charge >= 0.3 is 0 Å². The molecule has 0 radical (unpaired) electrons. The molecule has 1 rings (SSSR count). The first-order chi connectivity index (χ1) is 7.06. The normalized spacial score (nSPS) is 14.3. The number of rotatable bonds is 4. The van der Waals surface area contributed by atoms with Gasteiger partial charge in [0.25, 0.3) is 0 Å². The topological polar surface area (TPSA) is 101 Å². The Morgan fingerprint density at radius 1 is 1.40 bits per heavy atom. The number of aliphatic hydroxyl groups excluding tert-OH is 2. The molecule has 0 fully saturated rings. The molecule has 0 aliphatic heterocycles. The highest BCUT2D eigenvalue weighted by molar-refractivity contribution is 5.80. The lowest BCUT2D eigenvalue weighted by atomic mass is 10.0. The lowest BCUT2D eigenvalue weighted by Gasteiger charge is -2.15. The van der Waals surface area contributed by atoms with E-state index in [4.69, 9.17) is 5.73 Å². The SMILES string of the molecule is NC(=O)C(O)C(O)c1cccc(C=O)c1. The Bertz CT molecular complexity index is 377. The van der Waals surface area contributed by atoms with E-state index < -0.39 is 18.1 Å². The minimum atomic E-state index is -1.67. The van der Waals surface area contributed by atoms with Crippen LogP contribution in [0.2, 0.25) is 0 Å². The number of aldehydes is 1. The number of amides is 1. The van der Waals surface area contributed by atoms with Crippen molar-refractivity contribution in [3.8, 4) is 0 Å². The number of benzene rings is 1. The van der Waals surface area contributed by atoms with Crippen molar-refractivity contribution in [1.82, 2.24) is 0 Å². The van der Waals surface area contributed by atoms with E-state index in [9.17, 15) is 19.8 Å². The second-order valence-corrected chi connectivity index (χ2v) is 3.08. The first-order valence-corrected chi connectivity index (χ1v) is 4.27. The Morgan fingerprint density at radius 2 is 2.07 bits per heavy atom. The average Bonchev–Trinajstić information content (AvgIpc) is 2.27. The highest BCUT2D eigenvalue weighted by Gasteiger charge is 2.23. The van der Waals surface area contributed by atoms with E-state index in [0.29, 0.717) is 11.8 Å². The number of aliphatic hydroxyl groups is 2. The third-order valence-electron chi connectivity index (χ3n) is 1.98. The van der Waals surface area contributed by atoms with Crippen molar-refractivity contribution >= 4 is 12.2 Å². The van der Waals surface area contributed by atoms with Crippen molar-refractivity contribution in [3.63, 3.8) is 0 Å². The largest absolute Gasteiger partial charge is 0.385 e. The average molecular weight is 209 g/mol. The molecule has 0 saturated carbocycles. The summed E-state index contributed by atoms with van der Waals surface area (Å²) in [6.07, 6.45) is -2.48. The highest BCUT2D eigenvalue weighted by Crippen LogP contribution is 2.17. The molecule has 0 bridgehead atoms. The quantitative estimate of drug-likeness (QED) is 0.575. The minimum absolute atomic E-state index is 0.269. The van der Waals surface area contributed by atoms with Crippen LogP contribution in [0.1, 0.15) is 22.0 Å². The van der Waals surface area contributed by atoms with Gasteiger partial charge < -0.3 is 15.9 Å². The molecule has 1 aromatic carbocycles. The van der Waals surface area contributed by atoms with Crippen molar-refractivity contribution in [2.75, 3.05) is 0 Å². The van der Waals surface area contributed by atoms with E-state index in [0.717, 1.165) is 0 Å². The van der Waals surface area contributed by atoms with E-state index in [1.54, 1.807) is 6.07 Å². The Hall–Kier alpha value is -1.72. The first-order valence-electron chi connectivity index (χ1n) is 4.27. The Balaban J connectivity index is 2.95. The van der Waals surface area contributed by atoms with Crippen molar-refractivity contribution in [2.24, 2.45) is 5.73 Å². The molecule has 4 N–H and O–H groups in total. The molecular formula is C10H11NO4. The monoisotopic (exact) mass is 209 g/mol. The molecule has 0 aliphatic rings. The third-order valence-corrected chi connectivity index (χ3v) is 1.98. The van der Waals surface area contributed by atoms with Crippen molar-refractivity contribution < 1.29 is 19.8 Å². The zero-order chi connectivity index (χ0) is 11.4. The number of hydrogen-bond acceptors (Lipinski definition) is 4. The predicted octanol–water partition coefficient (Wildman–Crippen LogP) is -0.621. The van der Waals surface area contributed by atoms with E-state index in [-0.39, 0.29) is 5.56 Å². The lowest BCUT2D eigenvalue weighted by Crippen LogP contribution is -2.33. The smallest absolute Gasteiger partial charge is 0.249 e. The van der Waals surface area contributed by atoms with Gasteiger partial charge in [-0.15, -0.1) is 0 Å². The maximum absolute atomic E-state index is 10.6. The van der Waals surface area contributed by atoms with Crippen molar-refractivity contribution in [1.29, 1.82) is 0 Å². The van der Waals surface area contributed by atoms with Gasteiger partial charge in [-0.25, -0.2) is 0 Å². The van der Waals surface area contributed by atoms with Crippen LogP contribution in [0.4, 0.5) is 0 Å². The van der Waals surface area contributed by atoms with Gasteiger partial charge in [0.15, 0.2) is 6.10 Å². The maximum atomic E-state index is 10.6. The molecule has 0 aromatic heterocycles. The molecule has 2 unspecified atom stereocenters. The van der Waals surface area contributed by atoms with Crippen LogP contribution in [0, 0.1) is 0 Å². The number of nitrogens with two attached hydrogens (primary N) is 1. The van der Waals surface area contributed by atoms with Gasteiger partial charge in [0.2, 0.25) is 5.91 Å². The molecule has 0 aliphatic carbocycles. The van der Waals surface area contributed by atoms with Gasteiger partial charge in [-0.1, -0.05) is 18.2 Å². The predicted molar refractivity (Wildman–Crippen MR) is 52.0 cm³/mol. The summed E-state index contributed by atoms with van der Waals surface area (Å²) in [5.41, 5.74) is 5.45. The Morgan fingerprint density at radius 3 is 2.60 bits per heavy atom. The number of carbonyl (C=O) groups excluding carboxylic acids is 2. The van der Waals surface area contributed by atoms with Gasteiger partial charge in [-0.05, 0) is 11.6 Å². The second kappa shape index (κ2) is 4.68. The van der Waals surface area contributed by atoms with Crippen LogP contribution in [0.25, 0.3) is 0 Å². The Kier molecular flexibility index (Phi) is 3.54. The molecule has 2 atom stereocenters. The van der Waals surface area contributed by atoms with Gasteiger partial charge in [0, 0.05) is 5.56 Å². The molecular weight excluding hydrogens is 198 g/mol. The summed E-state index contributed by atoms with van der Waals surface area (Å²) in [5.74, 6) is -1.01. The van der Waals surface area contributed by atoms with Crippen LogP contribution in [0.5, 0.6) is 0 Å². The van der Waals surface area contributed by atoms with Crippen molar-refractivity contribution in [2.45, 2.75) is 12.2 Å². The molecule has 0 saturated heterocycles. The molecule has 1 amide bonds. The molecule has 15 heavy (non-hydrogen) atoms. The summed E-state index contributed by atoms with van der Waals surface area (Å²) in [5, 5.41) is 18.7. The summed E-state index contributed by atoms with van der Waals surface area (Å²) in [6.45, 7) is 0. The standard InChI is InChI=1S/C10H11NO4/c11-10(15)9(14)8(13)7-3-1-2-6(4-7)5-12/h1-5,8-9,13-14H,(H2,11,15). The van der Waals surface area contributed by atoms with Crippen LogP contribution in [-0.2, 0) is 4.79 Å². The minimum Gasteiger partial charge on any atom is -0.385 e. The van der Waals surface area contributed by atoms with E-state index >= 15 is 0 Å². The van der Waals surface area contributed by atoms with E-state index in [1.807, 2.05) is 0 Å². The summed E-state index contributed by atoms with van der Waals surface area (Å²) in [6, 6.07) is 5.95. The number of carbonyl (C=O) groups is 2. The molecule has 80 valence electrons. The molecule has 5 heteroatoms. The zero-order valence-corrected chi connectivity index (χ0v) is 7.83. The molecule has 5 nitrogen and oxygen atoms in total. The zero-order valence-electron chi connectivity index (χ0n) is 7.83. The summed E-state index contributed by atoms with van der Waals surface area (Å²) in [4.78, 5) is 21.1. The summed E-state index contributed by atoms with van der Waals surface area (Å²) in [7, 11) is 0. The van der Waals surface area contributed by atoms with Gasteiger partial charge in [0.05, 0.1) is 0 Å². The third kappa shape index (κ3) is 2.61. The van der Waals surface area contributed by atoms with Crippen LogP contribution in [-0.4, -0.2) is 28.5 Å². The maximum Gasteiger partial charge on any atom is 0.249 e. The Labute approximate surface area is 86.1 Å². The first kappa shape index (κ1) is 11.4. The van der Waals surface area contributed by atoms with Crippen molar-refractivity contribution in [3.05, 3.63) is 35.4 Å².